The van der Waals surface area contributed by atoms with Gasteiger partial charge in [-0.3, -0.25) is 9.59 Å². The van der Waals surface area contributed by atoms with Crippen LogP contribution in [0.3, 0.4) is 0 Å². The summed E-state index contributed by atoms with van der Waals surface area (Å²) in [6, 6.07) is 5.87. The van der Waals surface area contributed by atoms with Crippen molar-refractivity contribution in [1.29, 1.82) is 0 Å². The predicted octanol–water partition coefficient (Wildman–Crippen LogP) is 2.14. The van der Waals surface area contributed by atoms with Gasteiger partial charge in [0, 0.05) is 17.6 Å². The van der Waals surface area contributed by atoms with E-state index in [1.54, 1.807) is 4.90 Å². The van der Waals surface area contributed by atoms with E-state index >= 15 is 0 Å². The Morgan fingerprint density at radius 1 is 1.50 bits per heavy atom. The molecule has 0 saturated heterocycles. The van der Waals surface area contributed by atoms with E-state index in [1.807, 2.05) is 32.2 Å². The van der Waals surface area contributed by atoms with Crippen LogP contribution < -0.4 is 10.2 Å². The fraction of sp³-hybridized carbons (Fsp3) is 0.385. The Labute approximate surface area is 111 Å². The number of nitrogens with one attached hydrogen (secondary N) is 1. The molecule has 0 fully saturated rings. The average Bonchev–Trinajstić information content (AvgIpc) is 2.34. The van der Waals surface area contributed by atoms with Crippen LogP contribution in [0.1, 0.15) is 13.8 Å². The molecule has 1 N–H and O–H groups in total. The minimum absolute atomic E-state index is 0.00375. The lowest BCUT2D eigenvalue weighted by molar-refractivity contribution is -0.121. The van der Waals surface area contributed by atoms with Gasteiger partial charge in [0.25, 0.3) is 0 Å². The standard InChI is InChI=1S/C13H16N2O2S/c1-8(16)7-15-11-6-10(14-3)4-5-12(11)18-9(2)13(15)17/h4-6,9,14H,7H2,1-3H3. The van der Waals surface area contributed by atoms with E-state index in [-0.39, 0.29) is 23.5 Å². The van der Waals surface area contributed by atoms with E-state index in [0.717, 1.165) is 16.3 Å². The highest BCUT2D eigenvalue weighted by atomic mass is 32.2. The van der Waals surface area contributed by atoms with E-state index in [2.05, 4.69) is 5.32 Å². The molecule has 0 aliphatic carbocycles. The van der Waals surface area contributed by atoms with Gasteiger partial charge in [0.1, 0.15) is 5.78 Å². The van der Waals surface area contributed by atoms with Crippen molar-refractivity contribution in [3.8, 4) is 0 Å². The van der Waals surface area contributed by atoms with E-state index in [9.17, 15) is 9.59 Å². The zero-order valence-electron chi connectivity index (χ0n) is 10.7. The van der Waals surface area contributed by atoms with Crippen molar-refractivity contribution in [3.05, 3.63) is 18.2 Å². The molecule has 1 unspecified atom stereocenters. The van der Waals surface area contributed by atoms with Crippen molar-refractivity contribution in [1.82, 2.24) is 0 Å². The van der Waals surface area contributed by atoms with Crippen LogP contribution in [0.4, 0.5) is 11.4 Å². The monoisotopic (exact) mass is 264 g/mol. The third-order valence-electron chi connectivity index (χ3n) is 2.84. The number of rotatable bonds is 3. The number of carbonyl (C=O) groups is 2. The molecule has 1 aliphatic rings. The number of hydrogen-bond acceptors (Lipinski definition) is 4. The quantitative estimate of drug-likeness (QED) is 0.908. The van der Waals surface area contributed by atoms with Gasteiger partial charge in [-0.2, -0.15) is 0 Å². The number of carbonyl (C=O) groups excluding carboxylic acids is 2. The first kappa shape index (κ1) is 13.0. The second-order valence-electron chi connectivity index (χ2n) is 4.32. The lowest BCUT2D eigenvalue weighted by atomic mass is 10.2. The third kappa shape index (κ3) is 2.36. The molecule has 0 spiro atoms. The Kier molecular flexibility index (Phi) is 3.61. The molecule has 2 rings (SSSR count). The van der Waals surface area contributed by atoms with Gasteiger partial charge in [-0.25, -0.2) is 0 Å². The van der Waals surface area contributed by atoms with Crippen molar-refractivity contribution in [3.63, 3.8) is 0 Å². The predicted molar refractivity (Wildman–Crippen MR) is 74.3 cm³/mol. The van der Waals surface area contributed by atoms with Crippen LogP contribution in [0.15, 0.2) is 23.1 Å². The van der Waals surface area contributed by atoms with Gasteiger partial charge in [0.2, 0.25) is 5.91 Å². The van der Waals surface area contributed by atoms with Crippen LogP contribution in [0.5, 0.6) is 0 Å². The Balaban J connectivity index is 2.45. The third-order valence-corrected chi connectivity index (χ3v) is 3.99. The molecular weight excluding hydrogens is 248 g/mol. The van der Waals surface area contributed by atoms with Crippen LogP contribution in [-0.2, 0) is 9.59 Å². The summed E-state index contributed by atoms with van der Waals surface area (Å²) in [7, 11) is 1.83. The molecule has 1 aromatic carbocycles. The fourth-order valence-corrected chi connectivity index (χ4v) is 2.99. The molecule has 18 heavy (non-hydrogen) atoms. The first-order valence-corrected chi connectivity index (χ1v) is 6.70. The number of benzene rings is 1. The molecule has 1 amide bonds. The van der Waals surface area contributed by atoms with E-state index in [1.165, 1.54) is 18.7 Å². The molecule has 1 heterocycles. The molecule has 4 nitrogen and oxygen atoms in total. The van der Waals surface area contributed by atoms with Crippen molar-refractivity contribution in [2.75, 3.05) is 23.8 Å². The zero-order valence-corrected chi connectivity index (χ0v) is 11.5. The number of ketones is 1. The van der Waals surface area contributed by atoms with Crippen LogP contribution in [-0.4, -0.2) is 30.5 Å². The second kappa shape index (κ2) is 5.02. The highest BCUT2D eigenvalue weighted by Gasteiger charge is 2.31. The fourth-order valence-electron chi connectivity index (χ4n) is 1.95. The van der Waals surface area contributed by atoms with Crippen LogP contribution in [0.25, 0.3) is 0 Å². The zero-order chi connectivity index (χ0) is 13.3. The van der Waals surface area contributed by atoms with Gasteiger partial charge in [0.05, 0.1) is 17.5 Å². The van der Waals surface area contributed by atoms with Crippen LogP contribution in [0, 0.1) is 0 Å². The second-order valence-corrected chi connectivity index (χ2v) is 5.70. The summed E-state index contributed by atoms with van der Waals surface area (Å²) in [6.45, 7) is 3.51. The minimum Gasteiger partial charge on any atom is -0.388 e. The Hall–Kier alpha value is -1.49. The maximum atomic E-state index is 12.2. The average molecular weight is 264 g/mol. The summed E-state index contributed by atoms with van der Waals surface area (Å²) in [5, 5.41) is 2.90. The first-order valence-electron chi connectivity index (χ1n) is 5.82. The van der Waals surface area contributed by atoms with Crippen molar-refractivity contribution >= 4 is 34.8 Å². The molecular formula is C13H16N2O2S. The number of nitrogens with zero attached hydrogens (tertiary/aromatic N) is 1. The lowest BCUT2D eigenvalue weighted by Gasteiger charge is -2.32. The van der Waals surface area contributed by atoms with Gasteiger partial charge in [0.15, 0.2) is 0 Å². The highest BCUT2D eigenvalue weighted by molar-refractivity contribution is 8.01. The van der Waals surface area contributed by atoms with Gasteiger partial charge in [-0.05, 0) is 32.0 Å². The molecule has 5 heteroatoms. The molecule has 0 saturated carbocycles. The Bertz CT molecular complexity index is 502. The van der Waals surface area contributed by atoms with E-state index < -0.39 is 0 Å². The van der Waals surface area contributed by atoms with Crippen LogP contribution >= 0.6 is 11.8 Å². The number of fused-ring (bicyclic) bond motifs is 1. The number of Topliss-reactive ketones (excluding diaryl/α,β-unsaturated/α-hetero) is 1. The molecule has 1 aliphatic heterocycles. The van der Waals surface area contributed by atoms with E-state index in [4.69, 9.17) is 0 Å². The highest BCUT2D eigenvalue weighted by Crippen LogP contribution is 2.40. The summed E-state index contributed by atoms with van der Waals surface area (Å²) >= 11 is 1.54. The number of hydrogen-bond donors (Lipinski definition) is 1. The molecule has 1 atom stereocenters. The number of anilines is 2. The lowest BCUT2D eigenvalue weighted by Crippen LogP contribution is -2.42. The summed E-state index contributed by atoms with van der Waals surface area (Å²) in [5.41, 5.74) is 1.76. The number of thioether (sulfide) groups is 1. The maximum Gasteiger partial charge on any atom is 0.240 e. The summed E-state index contributed by atoms with van der Waals surface area (Å²) in [4.78, 5) is 26.1. The van der Waals surface area contributed by atoms with Crippen molar-refractivity contribution in [2.45, 2.75) is 24.0 Å². The van der Waals surface area contributed by atoms with Gasteiger partial charge < -0.3 is 10.2 Å². The first-order chi connectivity index (χ1) is 8.52. The smallest absolute Gasteiger partial charge is 0.240 e. The molecule has 0 aromatic heterocycles. The van der Waals surface area contributed by atoms with Crippen molar-refractivity contribution < 1.29 is 9.59 Å². The van der Waals surface area contributed by atoms with Crippen molar-refractivity contribution in [2.24, 2.45) is 0 Å². The Morgan fingerprint density at radius 3 is 2.83 bits per heavy atom. The Morgan fingerprint density at radius 2 is 2.22 bits per heavy atom. The van der Waals surface area contributed by atoms with Gasteiger partial charge in [-0.1, -0.05) is 0 Å². The molecule has 1 aromatic rings. The molecule has 0 radical (unpaired) electrons. The summed E-state index contributed by atoms with van der Waals surface area (Å²) in [6.07, 6.45) is 0. The van der Waals surface area contributed by atoms with E-state index in [0.29, 0.717) is 0 Å². The largest absolute Gasteiger partial charge is 0.388 e. The SMILES string of the molecule is CNc1ccc2c(c1)N(CC(C)=O)C(=O)C(C)S2. The van der Waals surface area contributed by atoms with Gasteiger partial charge in [-0.15, -0.1) is 11.8 Å². The normalized spacial score (nSPS) is 18.5. The topological polar surface area (TPSA) is 49.4 Å². The molecule has 96 valence electrons. The van der Waals surface area contributed by atoms with Crippen LogP contribution in [0.2, 0.25) is 0 Å². The molecule has 0 bridgehead atoms. The van der Waals surface area contributed by atoms with Gasteiger partial charge >= 0.3 is 0 Å². The maximum absolute atomic E-state index is 12.2. The summed E-state index contributed by atoms with van der Waals surface area (Å²) < 4.78 is 0. The summed E-state index contributed by atoms with van der Waals surface area (Å²) in [5.74, 6) is -0.0146. The number of amides is 1. The minimum atomic E-state index is -0.141.